The monoisotopic (exact) mass is 1390 g/mol. The van der Waals surface area contributed by atoms with E-state index in [9.17, 15) is 13.2 Å². The molecule has 8 nitrogen and oxygen atoms in total. The van der Waals surface area contributed by atoms with Crippen molar-refractivity contribution >= 4 is 10.1 Å². The second-order valence-electron chi connectivity index (χ2n) is 16.8. The van der Waals surface area contributed by atoms with E-state index in [4.69, 9.17) is 23.2 Å². The van der Waals surface area contributed by atoms with Gasteiger partial charge in [-0.1, -0.05) is 133 Å². The minimum atomic E-state index is -6.09. The fourth-order valence-electron chi connectivity index (χ4n) is 6.59. The summed E-state index contributed by atoms with van der Waals surface area (Å²) in [5.74, 6) is 0. The summed E-state index contributed by atoms with van der Waals surface area (Å²) >= 11 is 0. The van der Waals surface area contributed by atoms with Crippen LogP contribution >= 0.6 is 0 Å². The van der Waals surface area contributed by atoms with Crippen molar-refractivity contribution in [2.45, 2.75) is 66.2 Å². The van der Waals surface area contributed by atoms with Gasteiger partial charge in [0.2, 0.25) is 0 Å². The molecule has 2 radical (unpaired) electrons. The Bertz CT molecular complexity index is 2820. The van der Waals surface area contributed by atoms with Crippen molar-refractivity contribution in [3.05, 3.63) is 235 Å². The third kappa shape index (κ3) is 22.6. The van der Waals surface area contributed by atoms with Crippen molar-refractivity contribution in [1.82, 2.24) is 15.0 Å². The van der Waals surface area contributed by atoms with E-state index < -0.39 is 15.6 Å². The first-order valence-electron chi connectivity index (χ1n) is 23.2. The third-order valence-electron chi connectivity index (χ3n) is 9.91. The van der Waals surface area contributed by atoms with Crippen LogP contribution in [0.4, 0.5) is 13.2 Å². The largest absolute Gasteiger partial charge is 0.741 e. The molecule has 9 rings (SSSR count). The maximum atomic E-state index is 10.7. The molecule has 0 amide bonds. The maximum absolute atomic E-state index is 10.7. The van der Waals surface area contributed by atoms with Crippen LogP contribution in [-0.4, -0.2) is 55.9 Å². The van der Waals surface area contributed by atoms with Crippen LogP contribution in [0.5, 0.6) is 0 Å². The molecule has 0 fully saturated rings. The summed E-state index contributed by atoms with van der Waals surface area (Å²) in [6, 6.07) is 70.0. The topological polar surface area (TPSA) is 136 Å². The summed E-state index contributed by atoms with van der Waals surface area (Å²) in [5, 5.41) is 16.1. The number of benzene rings is 6. The van der Waals surface area contributed by atoms with E-state index in [0.29, 0.717) is 0 Å². The molecule has 0 atom stereocenters. The molecule has 0 aliphatic heterocycles. The second kappa shape index (κ2) is 32.9. The van der Waals surface area contributed by atoms with Gasteiger partial charge in [0.25, 0.3) is 0 Å². The summed E-state index contributed by atoms with van der Waals surface area (Å²) in [4.78, 5) is 13.7. The third-order valence-corrected chi connectivity index (χ3v) is 10.5. The summed E-state index contributed by atoms with van der Waals surface area (Å²) < 4.78 is 58.9. The van der Waals surface area contributed by atoms with Crippen LogP contribution < -0.4 is 0 Å². The van der Waals surface area contributed by atoms with Crippen molar-refractivity contribution in [2.24, 2.45) is 0 Å². The quantitative estimate of drug-likeness (QED) is 0.0954. The Labute approximate surface area is 467 Å². The van der Waals surface area contributed by atoms with Gasteiger partial charge in [0.05, 0.1) is 5.69 Å². The molecule has 0 saturated heterocycles. The Kier molecular flexibility index (Phi) is 28.4. The molecular weight excluding hydrogens is 1330 g/mol. The molecule has 14 heteroatoms. The normalized spacial score (nSPS) is 10.3. The Balaban J connectivity index is 0.000000333. The molecule has 0 spiro atoms. The minimum absolute atomic E-state index is 0. The summed E-state index contributed by atoms with van der Waals surface area (Å²) in [6.07, 6.45) is 5.52. The average Bonchev–Trinajstić information content (AvgIpc) is 3.37. The molecule has 0 saturated carbocycles. The van der Waals surface area contributed by atoms with Gasteiger partial charge in [0.1, 0.15) is 0 Å². The summed E-state index contributed by atoms with van der Waals surface area (Å²) in [7, 11) is -6.09. The fourth-order valence-corrected chi connectivity index (χ4v) is 6.59. The Morgan fingerprint density at radius 3 is 0.933 bits per heavy atom. The van der Waals surface area contributed by atoms with Crippen LogP contribution in [0.2, 0.25) is 0 Å². The van der Waals surface area contributed by atoms with E-state index in [1.807, 2.05) is 128 Å². The predicted octanol–water partition coefficient (Wildman–Crippen LogP) is 14.6. The number of hydrogen-bond acceptors (Lipinski definition) is 8. The molecule has 0 unspecified atom stereocenters. The van der Waals surface area contributed by atoms with Crippen LogP contribution in [-0.2, 0) is 50.3 Å². The number of nitrogens with zero attached hydrogens (tertiary/aromatic N) is 3. The molecule has 6 aromatic carbocycles. The molecule has 3 heterocycles. The minimum Gasteiger partial charge on any atom is -0.741 e. The summed E-state index contributed by atoms with van der Waals surface area (Å²) in [5.41, 5.74) is 11.4. The number of pyridine rings is 3. The van der Waals surface area contributed by atoms with Gasteiger partial charge in [0, 0.05) is 93.3 Å². The number of halogens is 3. The van der Waals surface area contributed by atoms with Gasteiger partial charge in [-0.05, 0) is 99.3 Å². The summed E-state index contributed by atoms with van der Waals surface area (Å²) in [6.45, 7) is 13.3. The van der Waals surface area contributed by atoms with Crippen molar-refractivity contribution in [2.75, 3.05) is 0 Å². The van der Waals surface area contributed by atoms with Gasteiger partial charge in [-0.3, -0.25) is 4.98 Å². The second-order valence-corrected chi connectivity index (χ2v) is 18.1. The van der Waals surface area contributed by atoms with Crippen LogP contribution in [0.3, 0.4) is 0 Å². The van der Waals surface area contributed by atoms with Crippen LogP contribution in [0, 0.1) is 32.9 Å². The number of rotatable bonds is 6. The van der Waals surface area contributed by atoms with Crippen molar-refractivity contribution in [3.8, 4) is 67.2 Å². The van der Waals surface area contributed by atoms with Crippen LogP contribution in [0.25, 0.3) is 67.2 Å². The first-order chi connectivity index (χ1) is 34.7. The predicted molar refractivity (Wildman–Crippen MR) is 288 cm³/mol. The first kappa shape index (κ1) is 64.8. The average molecular weight is 1390 g/mol. The number of alkyl halides is 3. The van der Waals surface area contributed by atoms with Gasteiger partial charge in [-0.15, -0.1) is 71.8 Å². The van der Waals surface area contributed by atoms with Gasteiger partial charge < -0.3 is 24.7 Å². The zero-order valence-corrected chi connectivity index (χ0v) is 48.1. The van der Waals surface area contributed by atoms with E-state index in [2.05, 4.69) is 127 Å². The molecule has 0 aliphatic carbocycles. The molecule has 3 aromatic heterocycles. The first-order valence-corrected chi connectivity index (χ1v) is 24.6. The molecule has 9 aromatic rings. The molecule has 396 valence electrons. The number of aliphatic hydroxyl groups is 2. The van der Waals surface area contributed by atoms with Crippen molar-refractivity contribution in [1.29, 1.82) is 0 Å². The van der Waals surface area contributed by atoms with E-state index in [0.717, 1.165) is 33.8 Å². The standard InChI is InChI=1S/C18H15N.2C18H14N.2C3H8O.CHF3O3S.2Ir/c3*1-14-12-18(16-10-6-3-7-11-16)19-13-17(14)15-8-4-2-5-9-15;2*1-3(2)4;2-1(3,4)8(5,6)7;;/h2-13H,1H3;2*2-10,12-13H,1H3;2*3-4H,1-2H3;(H,5,6,7);;/q;2*-1;;;;;/p-1. The number of hydrogen-bond donors (Lipinski definition) is 2. The number of aromatic nitrogens is 3. The van der Waals surface area contributed by atoms with E-state index in [-0.39, 0.29) is 52.4 Å². The Morgan fingerprint density at radius 2 is 0.693 bits per heavy atom. The zero-order valence-electron chi connectivity index (χ0n) is 42.5. The van der Waals surface area contributed by atoms with Gasteiger partial charge in [-0.2, -0.15) is 13.2 Å². The number of aliphatic hydroxyl groups excluding tert-OH is 2. The molecule has 0 aliphatic rings. The Morgan fingerprint density at radius 1 is 0.453 bits per heavy atom. The molecular formula is C61H59F3Ir2N3O5S-3. The molecule has 2 N–H and O–H groups in total. The Hall–Kier alpha value is -6.31. The zero-order chi connectivity index (χ0) is 53.4. The smallest absolute Gasteiger partial charge is 0.485 e. The van der Waals surface area contributed by atoms with Crippen molar-refractivity contribution in [3.63, 3.8) is 0 Å². The molecule has 0 bridgehead atoms. The van der Waals surface area contributed by atoms with E-state index in [1.54, 1.807) is 27.7 Å². The van der Waals surface area contributed by atoms with Gasteiger partial charge in [-0.25, -0.2) is 8.42 Å². The van der Waals surface area contributed by atoms with E-state index >= 15 is 0 Å². The van der Waals surface area contributed by atoms with Crippen LogP contribution in [0.1, 0.15) is 44.4 Å². The maximum Gasteiger partial charge on any atom is 0.485 e. The number of aryl methyl sites for hydroxylation is 3. The fraction of sp³-hybridized carbons (Fsp3) is 0.164. The van der Waals surface area contributed by atoms with E-state index in [1.165, 1.54) is 50.1 Å². The molecule has 75 heavy (non-hydrogen) atoms. The van der Waals surface area contributed by atoms with Crippen molar-refractivity contribution < 1.29 is 76.6 Å². The SMILES string of the molecule is CC(C)O.CC(C)O.Cc1cc(-c2[c-]cccc2)ncc1-c1ccccc1.Cc1cc(-c2[c-]cccc2)ncc1-c1ccccc1.Cc1cc(-c2ccccc2)ncc1-c1ccccc1.O=S(=O)([O-])C(F)(F)F.[Ir].[Ir]. The van der Waals surface area contributed by atoms with Gasteiger partial charge in [0.15, 0.2) is 10.1 Å². The van der Waals surface area contributed by atoms with Crippen LogP contribution in [0.15, 0.2) is 207 Å². The van der Waals surface area contributed by atoms with Gasteiger partial charge >= 0.3 is 5.51 Å².